The number of nitrogens with two attached hydrogens (primary N) is 1. The van der Waals surface area contributed by atoms with Crippen LogP contribution in [-0.2, 0) is 6.42 Å². The van der Waals surface area contributed by atoms with Crippen LogP contribution >= 0.6 is 0 Å². The number of para-hydroxylation sites is 1. The molecular weight excluding hydrogens is 266 g/mol. The van der Waals surface area contributed by atoms with Crippen molar-refractivity contribution in [1.29, 1.82) is 0 Å². The second-order valence-electron chi connectivity index (χ2n) is 6.10. The van der Waals surface area contributed by atoms with Crippen LogP contribution in [0, 0.1) is 5.92 Å². The van der Waals surface area contributed by atoms with Crippen molar-refractivity contribution in [3.8, 4) is 5.75 Å². The fourth-order valence-electron chi connectivity index (χ4n) is 2.88. The Balaban J connectivity index is 1.89. The lowest BCUT2D eigenvalue weighted by molar-refractivity contribution is 0.173. The molecule has 1 heterocycles. The minimum absolute atomic E-state index is 0.211. The predicted octanol–water partition coefficient (Wildman–Crippen LogP) is 2.20. The van der Waals surface area contributed by atoms with Gasteiger partial charge >= 0.3 is 6.03 Å². The Morgan fingerprint density at radius 2 is 2.14 bits per heavy atom. The van der Waals surface area contributed by atoms with Gasteiger partial charge in [-0.1, -0.05) is 18.2 Å². The molecule has 3 rings (SSSR count). The molecule has 1 saturated carbocycles. The Morgan fingerprint density at radius 1 is 1.43 bits per heavy atom. The van der Waals surface area contributed by atoms with Crippen LogP contribution in [-0.4, -0.2) is 36.0 Å². The molecule has 1 atom stereocenters. The number of rotatable bonds is 5. The zero-order chi connectivity index (χ0) is 15.0. The van der Waals surface area contributed by atoms with Crippen molar-refractivity contribution < 1.29 is 9.53 Å². The van der Waals surface area contributed by atoms with Crippen LogP contribution in [0.15, 0.2) is 29.3 Å². The summed E-state index contributed by atoms with van der Waals surface area (Å²) >= 11 is 0. The van der Waals surface area contributed by atoms with Crippen LogP contribution in [0.1, 0.15) is 25.3 Å². The molecule has 0 bridgehead atoms. The third kappa shape index (κ3) is 2.48. The van der Waals surface area contributed by atoms with Crippen LogP contribution < -0.4 is 10.5 Å². The Labute approximate surface area is 124 Å². The monoisotopic (exact) mass is 287 g/mol. The van der Waals surface area contributed by atoms with Crippen LogP contribution in [0.2, 0.25) is 0 Å². The normalized spacial score (nSPS) is 25.1. The number of amidine groups is 1. The van der Waals surface area contributed by atoms with Gasteiger partial charge in [-0.05, 0) is 37.3 Å². The topological polar surface area (TPSA) is 67.9 Å². The standard InChI is InChI=1S/C16H21N3O2/c1-16(9-12-5-3-4-6-13(12)21-2)14(17)18-15(20)19(16)10-11-7-8-11/h3-6,11H,7-10H2,1-2H3,(H2,17,18,20). The van der Waals surface area contributed by atoms with E-state index < -0.39 is 5.54 Å². The molecule has 0 saturated heterocycles. The van der Waals surface area contributed by atoms with Gasteiger partial charge in [0, 0.05) is 13.0 Å². The van der Waals surface area contributed by atoms with Gasteiger partial charge in [-0.3, -0.25) is 0 Å². The highest BCUT2D eigenvalue weighted by Gasteiger charge is 2.46. The maximum absolute atomic E-state index is 12.1. The van der Waals surface area contributed by atoms with E-state index >= 15 is 0 Å². The van der Waals surface area contributed by atoms with E-state index in [9.17, 15) is 4.79 Å². The highest BCUT2D eigenvalue weighted by Crippen LogP contribution is 2.36. The lowest BCUT2D eigenvalue weighted by Crippen LogP contribution is -2.54. The van der Waals surface area contributed by atoms with E-state index in [1.807, 2.05) is 36.1 Å². The summed E-state index contributed by atoms with van der Waals surface area (Å²) in [5.74, 6) is 1.82. The lowest BCUT2D eigenvalue weighted by atomic mass is 9.90. The van der Waals surface area contributed by atoms with Crippen LogP contribution in [0.25, 0.3) is 0 Å². The first-order valence-corrected chi connectivity index (χ1v) is 7.33. The van der Waals surface area contributed by atoms with Gasteiger partial charge in [0.1, 0.15) is 17.1 Å². The smallest absolute Gasteiger partial charge is 0.346 e. The molecule has 21 heavy (non-hydrogen) atoms. The quantitative estimate of drug-likeness (QED) is 0.902. The second-order valence-corrected chi connectivity index (χ2v) is 6.10. The molecule has 1 aliphatic heterocycles. The number of nitrogens with zero attached hydrogens (tertiary/aromatic N) is 2. The van der Waals surface area contributed by atoms with Gasteiger partial charge in [0.15, 0.2) is 0 Å². The number of urea groups is 1. The van der Waals surface area contributed by atoms with E-state index in [0.29, 0.717) is 18.2 Å². The number of carbonyl (C=O) groups excluding carboxylic acids is 1. The average molecular weight is 287 g/mol. The minimum atomic E-state index is -0.561. The number of aliphatic imine (C=N–C) groups is 1. The summed E-state index contributed by atoms with van der Waals surface area (Å²) in [4.78, 5) is 18.0. The zero-order valence-corrected chi connectivity index (χ0v) is 12.5. The molecule has 2 aliphatic rings. The first kappa shape index (κ1) is 13.9. The maximum atomic E-state index is 12.1. The third-order valence-corrected chi connectivity index (χ3v) is 4.46. The summed E-state index contributed by atoms with van der Waals surface area (Å²) in [6, 6.07) is 7.63. The number of amides is 2. The molecule has 2 N–H and O–H groups in total. The Bertz CT molecular complexity index is 595. The summed E-state index contributed by atoms with van der Waals surface area (Å²) in [5.41, 5.74) is 6.55. The van der Waals surface area contributed by atoms with E-state index in [0.717, 1.165) is 17.9 Å². The van der Waals surface area contributed by atoms with Crippen molar-refractivity contribution in [2.45, 2.75) is 31.7 Å². The van der Waals surface area contributed by atoms with Crippen molar-refractivity contribution >= 4 is 11.9 Å². The number of hydrogen-bond donors (Lipinski definition) is 1. The van der Waals surface area contributed by atoms with Crippen molar-refractivity contribution in [2.75, 3.05) is 13.7 Å². The van der Waals surface area contributed by atoms with Gasteiger partial charge in [-0.15, -0.1) is 0 Å². The van der Waals surface area contributed by atoms with Crippen molar-refractivity contribution in [2.24, 2.45) is 16.6 Å². The molecule has 0 spiro atoms. The summed E-state index contributed by atoms with van der Waals surface area (Å²) in [5, 5.41) is 0. The average Bonchev–Trinajstić information content (AvgIpc) is 3.25. The fraction of sp³-hybridized carbons (Fsp3) is 0.500. The number of methoxy groups -OCH3 is 1. The van der Waals surface area contributed by atoms with Crippen molar-refractivity contribution in [1.82, 2.24) is 4.90 Å². The van der Waals surface area contributed by atoms with Gasteiger partial charge < -0.3 is 15.4 Å². The van der Waals surface area contributed by atoms with Gasteiger partial charge in [0.25, 0.3) is 0 Å². The molecule has 1 aromatic rings. The van der Waals surface area contributed by atoms with Crippen molar-refractivity contribution in [3.63, 3.8) is 0 Å². The van der Waals surface area contributed by atoms with Gasteiger partial charge in [-0.25, -0.2) is 4.79 Å². The molecule has 0 radical (unpaired) electrons. The molecular formula is C16H21N3O2. The van der Waals surface area contributed by atoms with Gasteiger partial charge in [0.05, 0.1) is 7.11 Å². The minimum Gasteiger partial charge on any atom is -0.496 e. The Hall–Kier alpha value is -2.04. The number of benzene rings is 1. The molecule has 1 unspecified atom stereocenters. The second kappa shape index (κ2) is 5.06. The molecule has 1 aliphatic carbocycles. The van der Waals surface area contributed by atoms with Crippen LogP contribution in [0.3, 0.4) is 0 Å². The van der Waals surface area contributed by atoms with E-state index in [2.05, 4.69) is 4.99 Å². The Kier molecular flexibility index (Phi) is 3.35. The van der Waals surface area contributed by atoms with E-state index in [-0.39, 0.29) is 6.03 Å². The van der Waals surface area contributed by atoms with E-state index in [1.54, 1.807) is 7.11 Å². The van der Waals surface area contributed by atoms with Crippen LogP contribution in [0.5, 0.6) is 5.75 Å². The van der Waals surface area contributed by atoms with Gasteiger partial charge in [0.2, 0.25) is 0 Å². The highest BCUT2D eigenvalue weighted by molar-refractivity contribution is 6.05. The molecule has 112 valence electrons. The number of hydrogen-bond acceptors (Lipinski definition) is 3. The molecule has 0 aromatic heterocycles. The maximum Gasteiger partial charge on any atom is 0.346 e. The largest absolute Gasteiger partial charge is 0.496 e. The SMILES string of the molecule is COc1ccccc1CC1(C)C(N)=NC(=O)N1CC1CC1. The van der Waals surface area contributed by atoms with Crippen LogP contribution in [0.4, 0.5) is 4.79 Å². The van der Waals surface area contributed by atoms with Crippen molar-refractivity contribution in [3.05, 3.63) is 29.8 Å². The van der Waals surface area contributed by atoms with E-state index in [1.165, 1.54) is 12.8 Å². The first-order valence-electron chi connectivity index (χ1n) is 7.33. The summed E-state index contributed by atoms with van der Waals surface area (Å²) in [6.45, 7) is 2.74. The van der Waals surface area contributed by atoms with Gasteiger partial charge in [-0.2, -0.15) is 4.99 Å². The predicted molar refractivity (Wildman–Crippen MR) is 81.6 cm³/mol. The molecule has 5 heteroatoms. The lowest BCUT2D eigenvalue weighted by Gasteiger charge is -2.35. The fourth-order valence-corrected chi connectivity index (χ4v) is 2.88. The molecule has 1 fully saturated rings. The van der Waals surface area contributed by atoms with E-state index in [4.69, 9.17) is 10.5 Å². The Morgan fingerprint density at radius 3 is 2.81 bits per heavy atom. The summed E-state index contributed by atoms with van der Waals surface area (Å²) < 4.78 is 5.41. The summed E-state index contributed by atoms with van der Waals surface area (Å²) in [7, 11) is 1.65. The first-order chi connectivity index (χ1) is 10.0. The number of ether oxygens (including phenoxy) is 1. The molecule has 5 nitrogen and oxygen atoms in total. The zero-order valence-electron chi connectivity index (χ0n) is 12.5. The highest BCUT2D eigenvalue weighted by atomic mass is 16.5. The molecule has 2 amide bonds. The number of carbonyl (C=O) groups is 1. The third-order valence-electron chi connectivity index (χ3n) is 4.46. The molecule has 1 aromatic carbocycles. The summed E-state index contributed by atoms with van der Waals surface area (Å²) in [6.07, 6.45) is 2.99.